The van der Waals surface area contributed by atoms with Crippen LogP contribution in [0.25, 0.3) is 0 Å². The number of alkyl carbamates (subject to hydrolysis) is 1. The van der Waals surface area contributed by atoms with E-state index in [4.69, 9.17) is 14.9 Å². The first-order valence-corrected chi connectivity index (χ1v) is 13.8. The molecule has 1 aromatic heterocycles. The molecule has 3 N–H and O–H groups in total. The summed E-state index contributed by atoms with van der Waals surface area (Å²) in [4.78, 5) is 20.1. The molecule has 2 aromatic rings. The summed E-state index contributed by atoms with van der Waals surface area (Å²) in [5, 5.41) is 29.1. The standard InChI is InChI=1S/C26H32N6O2S2/c1-5-20-21(14-27)23(32-12-10-18(11-13-32)30-25(33)34-26(2,3)4)31-24(22(20)15-28)35-16-17-6-8-19(36-29)9-7-17/h6-9,18H,5,10-13,16,29H2,1-4H3,(H,30,33). The lowest BCUT2D eigenvalue weighted by molar-refractivity contribution is 0.0497. The average Bonchev–Trinajstić information content (AvgIpc) is 2.85. The molecule has 8 nitrogen and oxygen atoms in total. The van der Waals surface area contributed by atoms with Crippen molar-refractivity contribution in [3.63, 3.8) is 0 Å². The maximum atomic E-state index is 12.2. The Morgan fingerprint density at radius 2 is 1.83 bits per heavy atom. The van der Waals surface area contributed by atoms with Crippen molar-refractivity contribution in [3.8, 4) is 12.1 Å². The molecule has 0 atom stereocenters. The highest BCUT2D eigenvalue weighted by Crippen LogP contribution is 2.34. The summed E-state index contributed by atoms with van der Waals surface area (Å²) in [5.41, 5.74) is 2.21. The van der Waals surface area contributed by atoms with Crippen LogP contribution in [0.3, 0.4) is 0 Å². The summed E-state index contributed by atoms with van der Waals surface area (Å²) in [6.45, 7) is 8.74. The van der Waals surface area contributed by atoms with Crippen LogP contribution in [0.15, 0.2) is 34.2 Å². The molecular formula is C26H32N6O2S2. The van der Waals surface area contributed by atoms with E-state index < -0.39 is 11.7 Å². The van der Waals surface area contributed by atoms with Gasteiger partial charge in [-0.25, -0.2) is 9.78 Å². The molecule has 10 heteroatoms. The van der Waals surface area contributed by atoms with E-state index >= 15 is 0 Å². The van der Waals surface area contributed by atoms with E-state index in [1.165, 1.54) is 23.7 Å². The third-order valence-corrected chi connectivity index (χ3v) is 7.37. The third kappa shape index (κ3) is 7.07. The van der Waals surface area contributed by atoms with Crippen LogP contribution in [-0.2, 0) is 16.9 Å². The number of nitrogens with one attached hydrogen (secondary N) is 1. The lowest BCUT2D eigenvalue weighted by Gasteiger charge is -2.34. The molecular weight excluding hydrogens is 492 g/mol. The Labute approximate surface area is 221 Å². The molecule has 1 aliphatic rings. The Kier molecular flexibility index (Phi) is 9.49. The second-order valence-electron chi connectivity index (χ2n) is 9.50. The molecule has 1 amide bonds. The van der Waals surface area contributed by atoms with Crippen molar-refractivity contribution in [1.82, 2.24) is 10.3 Å². The highest BCUT2D eigenvalue weighted by atomic mass is 32.2. The number of pyridine rings is 1. The van der Waals surface area contributed by atoms with E-state index in [0.29, 0.717) is 60.1 Å². The van der Waals surface area contributed by atoms with E-state index in [1.807, 2.05) is 52.0 Å². The number of carbonyl (C=O) groups excluding carboxylic acids is 1. The Balaban J connectivity index is 1.80. The van der Waals surface area contributed by atoms with Crippen molar-refractivity contribution in [2.75, 3.05) is 18.0 Å². The minimum absolute atomic E-state index is 0.00540. The monoisotopic (exact) mass is 524 g/mol. The summed E-state index contributed by atoms with van der Waals surface area (Å²) in [6, 6.07) is 12.6. The zero-order chi connectivity index (χ0) is 26.3. The minimum atomic E-state index is -0.547. The van der Waals surface area contributed by atoms with Gasteiger partial charge < -0.3 is 15.0 Å². The van der Waals surface area contributed by atoms with Crippen molar-refractivity contribution in [2.24, 2.45) is 5.14 Å². The van der Waals surface area contributed by atoms with E-state index in [-0.39, 0.29) is 6.04 Å². The Morgan fingerprint density at radius 1 is 1.19 bits per heavy atom. The maximum Gasteiger partial charge on any atom is 0.407 e. The second kappa shape index (κ2) is 12.4. The fourth-order valence-electron chi connectivity index (χ4n) is 4.04. The van der Waals surface area contributed by atoms with Crippen molar-refractivity contribution in [2.45, 2.75) is 74.3 Å². The first-order chi connectivity index (χ1) is 17.2. The second-order valence-corrected chi connectivity index (χ2v) is 11.2. The van der Waals surface area contributed by atoms with Crippen LogP contribution in [0, 0.1) is 22.7 Å². The quantitative estimate of drug-likeness (QED) is 0.374. The summed E-state index contributed by atoms with van der Waals surface area (Å²) >= 11 is 2.70. The molecule has 36 heavy (non-hydrogen) atoms. The summed E-state index contributed by atoms with van der Waals surface area (Å²) in [6.07, 6.45) is 1.57. The molecule has 0 saturated carbocycles. The normalized spacial score (nSPS) is 14.1. The van der Waals surface area contributed by atoms with Gasteiger partial charge in [0.25, 0.3) is 0 Å². The predicted octanol–water partition coefficient (Wildman–Crippen LogP) is 5.14. The summed E-state index contributed by atoms with van der Waals surface area (Å²) < 4.78 is 5.38. The van der Waals surface area contributed by atoms with Crippen LogP contribution >= 0.6 is 23.7 Å². The van der Waals surface area contributed by atoms with E-state index in [1.54, 1.807) is 0 Å². The van der Waals surface area contributed by atoms with Crippen molar-refractivity contribution in [1.29, 1.82) is 10.5 Å². The number of nitriles is 2. The summed E-state index contributed by atoms with van der Waals surface area (Å²) in [7, 11) is 0. The maximum absolute atomic E-state index is 12.2. The molecule has 1 aliphatic heterocycles. The van der Waals surface area contributed by atoms with Gasteiger partial charge in [0.1, 0.15) is 28.6 Å². The zero-order valence-corrected chi connectivity index (χ0v) is 22.8. The van der Waals surface area contributed by atoms with E-state index in [0.717, 1.165) is 16.0 Å². The molecule has 2 heterocycles. The molecule has 1 saturated heterocycles. The number of thioether (sulfide) groups is 1. The van der Waals surface area contributed by atoms with Gasteiger partial charge in [-0.2, -0.15) is 10.5 Å². The van der Waals surface area contributed by atoms with Gasteiger partial charge in [0.2, 0.25) is 0 Å². The molecule has 0 aliphatic carbocycles. The molecule has 1 aromatic carbocycles. The predicted molar refractivity (Wildman–Crippen MR) is 144 cm³/mol. The molecule has 0 radical (unpaired) electrons. The molecule has 190 valence electrons. The number of amides is 1. The summed E-state index contributed by atoms with van der Waals surface area (Å²) in [5.74, 6) is 1.26. The SMILES string of the molecule is CCc1c(C#N)c(SCc2ccc(SN)cc2)nc(N2CCC(NC(=O)OC(C)(C)C)CC2)c1C#N. The lowest BCUT2D eigenvalue weighted by atomic mass is 10.00. The van der Waals surface area contributed by atoms with Gasteiger partial charge in [0.05, 0.1) is 11.1 Å². The number of hydrogen-bond acceptors (Lipinski definition) is 9. The van der Waals surface area contributed by atoms with Crippen molar-refractivity contribution >= 4 is 35.6 Å². The Bertz CT molecular complexity index is 1160. The molecule has 0 spiro atoms. The van der Waals surface area contributed by atoms with Crippen LogP contribution < -0.4 is 15.4 Å². The number of nitrogens with two attached hydrogens (primary N) is 1. The van der Waals surface area contributed by atoms with Gasteiger partial charge in [-0.15, -0.1) is 11.8 Å². The highest BCUT2D eigenvalue weighted by Gasteiger charge is 2.28. The number of benzene rings is 1. The molecule has 0 unspecified atom stereocenters. The molecule has 3 rings (SSSR count). The topological polar surface area (TPSA) is 128 Å². The number of rotatable bonds is 7. The zero-order valence-electron chi connectivity index (χ0n) is 21.1. The van der Waals surface area contributed by atoms with Crippen LogP contribution in [0.4, 0.5) is 10.6 Å². The van der Waals surface area contributed by atoms with Crippen molar-refractivity contribution < 1.29 is 9.53 Å². The highest BCUT2D eigenvalue weighted by molar-refractivity contribution is 7.98. The first kappa shape index (κ1) is 27.7. The van der Waals surface area contributed by atoms with Gasteiger partial charge in [-0.3, -0.25) is 5.14 Å². The number of anilines is 1. The van der Waals surface area contributed by atoms with Crippen LogP contribution in [-0.4, -0.2) is 35.8 Å². The van der Waals surface area contributed by atoms with Gasteiger partial charge in [-0.1, -0.05) is 19.1 Å². The third-order valence-electron chi connectivity index (χ3n) is 5.78. The van der Waals surface area contributed by atoms with Crippen LogP contribution in [0.5, 0.6) is 0 Å². The number of piperidine rings is 1. The average molecular weight is 525 g/mol. The molecule has 0 bridgehead atoms. The largest absolute Gasteiger partial charge is 0.444 e. The Morgan fingerprint density at radius 3 is 2.36 bits per heavy atom. The van der Waals surface area contributed by atoms with Gasteiger partial charge in [0, 0.05) is 29.8 Å². The smallest absolute Gasteiger partial charge is 0.407 e. The number of hydrogen-bond donors (Lipinski definition) is 2. The fraction of sp³-hybridized carbons (Fsp3) is 0.462. The van der Waals surface area contributed by atoms with E-state index in [9.17, 15) is 15.3 Å². The number of carbonyl (C=O) groups is 1. The first-order valence-electron chi connectivity index (χ1n) is 11.9. The van der Waals surface area contributed by atoms with Gasteiger partial charge in [0.15, 0.2) is 0 Å². The fourth-order valence-corrected chi connectivity index (χ4v) is 5.30. The minimum Gasteiger partial charge on any atom is -0.444 e. The van der Waals surface area contributed by atoms with Crippen molar-refractivity contribution in [3.05, 3.63) is 46.5 Å². The number of nitrogens with zero attached hydrogens (tertiary/aromatic N) is 4. The van der Waals surface area contributed by atoms with Gasteiger partial charge >= 0.3 is 6.09 Å². The van der Waals surface area contributed by atoms with Gasteiger partial charge in [-0.05, 0) is 75.2 Å². The van der Waals surface area contributed by atoms with Crippen LogP contribution in [0.1, 0.15) is 62.8 Å². The van der Waals surface area contributed by atoms with Crippen LogP contribution in [0.2, 0.25) is 0 Å². The lowest BCUT2D eigenvalue weighted by Crippen LogP contribution is -2.46. The number of aromatic nitrogens is 1. The van der Waals surface area contributed by atoms with E-state index in [2.05, 4.69) is 22.4 Å². The Hall–Kier alpha value is -2.92. The number of ether oxygens (including phenoxy) is 1. The molecule has 1 fully saturated rings.